The number of carbonyl (C=O) groups is 2. The van der Waals surface area contributed by atoms with Crippen molar-refractivity contribution in [2.45, 2.75) is 25.1 Å². The Morgan fingerprint density at radius 2 is 1.61 bits per heavy atom. The van der Waals surface area contributed by atoms with E-state index in [1.165, 1.54) is 4.90 Å². The summed E-state index contributed by atoms with van der Waals surface area (Å²) >= 11 is 0. The molecule has 2 aliphatic heterocycles. The normalized spacial score (nSPS) is 17.8. The molecule has 11 heteroatoms. The summed E-state index contributed by atoms with van der Waals surface area (Å²) in [5, 5.41) is 0. The second-order valence-corrected chi connectivity index (χ2v) is 8.83. The molecule has 194 valence electrons. The molecule has 2 aliphatic rings. The number of nitrogens with zero attached hydrogens (tertiary/aromatic N) is 3. The van der Waals surface area contributed by atoms with E-state index in [-0.39, 0.29) is 31.6 Å². The van der Waals surface area contributed by atoms with E-state index in [9.17, 15) is 31.5 Å². The summed E-state index contributed by atoms with van der Waals surface area (Å²) in [5.41, 5.74) is -1.66. The van der Waals surface area contributed by atoms with Crippen LogP contribution in [-0.4, -0.2) is 73.6 Å². The Hall–Kier alpha value is -3.05. The van der Waals surface area contributed by atoms with E-state index in [1.807, 2.05) is 35.2 Å². The minimum Gasteiger partial charge on any atom is -0.379 e. The van der Waals surface area contributed by atoms with Crippen molar-refractivity contribution in [3.05, 3.63) is 65.2 Å². The van der Waals surface area contributed by atoms with E-state index in [4.69, 9.17) is 4.74 Å². The van der Waals surface area contributed by atoms with Crippen molar-refractivity contribution < 1.29 is 36.3 Å². The molecular formula is C25H26F5N3O3. The molecule has 2 aromatic carbocycles. The lowest BCUT2D eigenvalue weighted by Gasteiger charge is -2.39. The monoisotopic (exact) mass is 511 g/mol. The molecular weight excluding hydrogens is 485 g/mol. The minimum absolute atomic E-state index is 0.0942. The number of alkyl halides is 3. The van der Waals surface area contributed by atoms with Crippen LogP contribution < -0.4 is 4.90 Å². The maximum absolute atomic E-state index is 13.8. The van der Waals surface area contributed by atoms with Gasteiger partial charge in [0.25, 0.3) is 5.91 Å². The second-order valence-electron chi connectivity index (χ2n) is 8.83. The third-order valence-corrected chi connectivity index (χ3v) is 6.46. The van der Waals surface area contributed by atoms with Crippen LogP contribution in [0.1, 0.15) is 28.8 Å². The number of carbonyl (C=O) groups excluding carboxylic acids is 2. The molecule has 0 aromatic heterocycles. The molecule has 0 saturated carbocycles. The molecule has 6 nitrogen and oxygen atoms in total. The van der Waals surface area contributed by atoms with Crippen molar-refractivity contribution >= 4 is 17.5 Å². The van der Waals surface area contributed by atoms with Crippen LogP contribution in [0.3, 0.4) is 0 Å². The van der Waals surface area contributed by atoms with Crippen LogP contribution in [0.2, 0.25) is 0 Å². The summed E-state index contributed by atoms with van der Waals surface area (Å²) in [6.07, 6.45) is -4.37. The standard InChI is InChI=1S/C25H26F5N3O3/c26-21-15-17(14-20(23(21)27)25(28,29)30)24(35)32-8-6-19(7-9-32)33(18-4-2-1-3-5-18)22(34)16-31-10-12-36-13-11-31/h1-5,14-15,19H,6-13,16H2. The SMILES string of the molecule is O=C(c1cc(F)c(F)c(C(F)(F)F)c1)N1CCC(N(C(=O)CN2CCOCC2)c2ccccc2)CC1. The lowest BCUT2D eigenvalue weighted by molar-refractivity contribution is -0.140. The van der Waals surface area contributed by atoms with Crippen LogP contribution in [0.15, 0.2) is 42.5 Å². The zero-order valence-electron chi connectivity index (χ0n) is 19.4. The Kier molecular flexibility index (Phi) is 7.89. The fourth-order valence-corrected chi connectivity index (χ4v) is 4.60. The van der Waals surface area contributed by atoms with E-state index >= 15 is 0 Å². The summed E-state index contributed by atoms with van der Waals surface area (Å²) in [6, 6.07) is 9.74. The zero-order chi connectivity index (χ0) is 25.9. The Labute approximate surface area is 205 Å². The van der Waals surface area contributed by atoms with Gasteiger partial charge in [-0.3, -0.25) is 14.5 Å². The molecule has 2 amide bonds. The predicted octanol–water partition coefficient (Wildman–Crippen LogP) is 3.95. The predicted molar refractivity (Wildman–Crippen MR) is 121 cm³/mol. The topological polar surface area (TPSA) is 53.1 Å². The highest BCUT2D eigenvalue weighted by atomic mass is 19.4. The molecule has 36 heavy (non-hydrogen) atoms. The summed E-state index contributed by atoms with van der Waals surface area (Å²) in [5.74, 6) is -4.67. The van der Waals surface area contributed by atoms with Gasteiger partial charge < -0.3 is 14.5 Å². The highest BCUT2D eigenvalue weighted by Gasteiger charge is 2.38. The number of hydrogen-bond acceptors (Lipinski definition) is 4. The molecule has 4 rings (SSSR count). The fourth-order valence-electron chi connectivity index (χ4n) is 4.60. The number of rotatable bonds is 5. The van der Waals surface area contributed by atoms with Crippen LogP contribution in [0, 0.1) is 11.6 Å². The number of morpholine rings is 1. The minimum atomic E-state index is -5.13. The summed E-state index contributed by atoms with van der Waals surface area (Å²) in [7, 11) is 0. The van der Waals surface area contributed by atoms with Crippen LogP contribution in [-0.2, 0) is 15.7 Å². The molecule has 0 radical (unpaired) electrons. The Balaban J connectivity index is 1.48. The lowest BCUT2D eigenvalue weighted by Crippen LogP contribution is -2.52. The van der Waals surface area contributed by atoms with Gasteiger partial charge in [-0.2, -0.15) is 13.2 Å². The quantitative estimate of drug-likeness (QED) is 0.571. The largest absolute Gasteiger partial charge is 0.419 e. The van der Waals surface area contributed by atoms with E-state index in [2.05, 4.69) is 0 Å². The average molecular weight is 511 g/mol. The molecule has 0 aliphatic carbocycles. The zero-order valence-corrected chi connectivity index (χ0v) is 19.4. The van der Waals surface area contributed by atoms with Gasteiger partial charge in [-0.25, -0.2) is 8.78 Å². The number of hydrogen-bond donors (Lipinski definition) is 0. The van der Waals surface area contributed by atoms with Crippen molar-refractivity contribution in [1.29, 1.82) is 0 Å². The van der Waals surface area contributed by atoms with Crippen LogP contribution >= 0.6 is 0 Å². The molecule has 0 spiro atoms. The summed E-state index contributed by atoms with van der Waals surface area (Å²) in [6.45, 7) is 2.92. The van der Waals surface area contributed by atoms with Crippen molar-refractivity contribution in [2.75, 3.05) is 50.8 Å². The third kappa shape index (κ3) is 5.84. The number of likely N-dealkylation sites (tertiary alicyclic amines) is 1. The van der Waals surface area contributed by atoms with Crippen molar-refractivity contribution in [2.24, 2.45) is 0 Å². The first kappa shape index (κ1) is 26.0. The van der Waals surface area contributed by atoms with Crippen LogP contribution in [0.25, 0.3) is 0 Å². The lowest BCUT2D eigenvalue weighted by atomic mass is 10.00. The molecule has 2 fully saturated rings. The number of para-hydroxylation sites is 1. The van der Waals surface area contributed by atoms with Gasteiger partial charge in [-0.05, 0) is 37.1 Å². The molecule has 2 heterocycles. The number of benzene rings is 2. The molecule has 0 unspecified atom stereocenters. The van der Waals surface area contributed by atoms with Crippen molar-refractivity contribution in [3.8, 4) is 0 Å². The van der Waals surface area contributed by atoms with Crippen molar-refractivity contribution in [1.82, 2.24) is 9.80 Å². The van der Waals surface area contributed by atoms with Gasteiger partial charge in [0.2, 0.25) is 5.91 Å². The van der Waals surface area contributed by atoms with Gasteiger partial charge in [0.1, 0.15) is 0 Å². The van der Waals surface area contributed by atoms with E-state index in [0.717, 1.165) is 5.69 Å². The average Bonchev–Trinajstić information content (AvgIpc) is 2.86. The number of piperidine rings is 1. The first-order valence-electron chi connectivity index (χ1n) is 11.7. The molecule has 0 atom stereocenters. The van der Waals surface area contributed by atoms with Gasteiger partial charge >= 0.3 is 6.18 Å². The third-order valence-electron chi connectivity index (χ3n) is 6.46. The first-order valence-corrected chi connectivity index (χ1v) is 11.7. The van der Waals surface area contributed by atoms with Gasteiger partial charge in [0.05, 0.1) is 25.3 Å². The molecule has 0 N–H and O–H groups in total. The van der Waals surface area contributed by atoms with Gasteiger partial charge in [0, 0.05) is 43.5 Å². The number of ether oxygens (including phenoxy) is 1. The molecule has 2 saturated heterocycles. The smallest absolute Gasteiger partial charge is 0.379 e. The highest BCUT2D eigenvalue weighted by Crippen LogP contribution is 2.34. The second kappa shape index (κ2) is 10.9. The van der Waals surface area contributed by atoms with E-state index in [1.54, 1.807) is 4.90 Å². The Bertz CT molecular complexity index is 1080. The van der Waals surface area contributed by atoms with Crippen LogP contribution in [0.5, 0.6) is 0 Å². The number of amides is 2. The summed E-state index contributed by atoms with van der Waals surface area (Å²) in [4.78, 5) is 31.2. The Morgan fingerprint density at radius 3 is 2.22 bits per heavy atom. The summed E-state index contributed by atoms with van der Waals surface area (Å²) < 4.78 is 72.1. The number of anilines is 1. The maximum Gasteiger partial charge on any atom is 0.419 e. The van der Waals surface area contributed by atoms with Crippen LogP contribution in [0.4, 0.5) is 27.6 Å². The van der Waals surface area contributed by atoms with Crippen molar-refractivity contribution in [3.63, 3.8) is 0 Å². The van der Waals surface area contributed by atoms with E-state index in [0.29, 0.717) is 51.3 Å². The Morgan fingerprint density at radius 1 is 0.972 bits per heavy atom. The molecule has 0 bridgehead atoms. The maximum atomic E-state index is 13.8. The number of halogens is 5. The van der Waals surface area contributed by atoms with Gasteiger partial charge in [-0.1, -0.05) is 18.2 Å². The fraction of sp³-hybridized carbons (Fsp3) is 0.440. The van der Waals surface area contributed by atoms with Gasteiger partial charge in [-0.15, -0.1) is 0 Å². The van der Waals surface area contributed by atoms with Gasteiger partial charge in [0.15, 0.2) is 11.6 Å². The van der Waals surface area contributed by atoms with E-state index < -0.39 is 34.8 Å². The first-order chi connectivity index (χ1) is 17.1. The molecule has 2 aromatic rings. The highest BCUT2D eigenvalue weighted by molar-refractivity contribution is 5.96.